The van der Waals surface area contributed by atoms with Crippen LogP contribution in [0.5, 0.6) is 0 Å². The number of nitrogens with one attached hydrogen (secondary N) is 1. The van der Waals surface area contributed by atoms with E-state index >= 15 is 0 Å². The summed E-state index contributed by atoms with van der Waals surface area (Å²) in [6.07, 6.45) is 5.35. The second-order valence-corrected chi connectivity index (χ2v) is 6.95. The number of piperidine rings is 1. The molecule has 0 spiro atoms. The van der Waals surface area contributed by atoms with Crippen LogP contribution in [0, 0.1) is 0 Å². The number of nitrogens with zero attached hydrogens (tertiary/aromatic N) is 2. The zero-order chi connectivity index (χ0) is 18.2. The summed E-state index contributed by atoms with van der Waals surface area (Å²) >= 11 is 0. The first-order chi connectivity index (χ1) is 13.3. The van der Waals surface area contributed by atoms with Crippen molar-refractivity contribution in [1.29, 1.82) is 0 Å². The number of ether oxygens (including phenoxy) is 1. The number of hydrogen-bond donors (Lipinski definition) is 1. The number of benzene rings is 2. The fraction of sp³-hybridized carbons (Fsp3) is 0.227. The molecule has 0 saturated carbocycles. The summed E-state index contributed by atoms with van der Waals surface area (Å²) in [4.78, 5) is 21.7. The molecule has 134 valence electrons. The zero-order valence-electron chi connectivity index (χ0n) is 14.8. The zero-order valence-corrected chi connectivity index (χ0v) is 14.8. The van der Waals surface area contributed by atoms with Crippen LogP contribution in [0.25, 0.3) is 32.6 Å². The second kappa shape index (κ2) is 6.59. The number of carbonyl (C=O) groups is 1. The highest BCUT2D eigenvalue weighted by Gasteiger charge is 2.19. The first-order valence-corrected chi connectivity index (χ1v) is 9.27. The predicted octanol–water partition coefficient (Wildman–Crippen LogP) is 3.85. The van der Waals surface area contributed by atoms with Crippen LogP contribution in [0.1, 0.15) is 23.2 Å². The maximum Gasteiger partial charge on any atom is 0.338 e. The molecular formula is C22H19N3O2. The fourth-order valence-corrected chi connectivity index (χ4v) is 3.77. The third-order valence-electron chi connectivity index (χ3n) is 5.22. The second-order valence-electron chi connectivity index (χ2n) is 6.95. The lowest BCUT2D eigenvalue weighted by Crippen LogP contribution is -2.33. The van der Waals surface area contributed by atoms with Gasteiger partial charge in [-0.2, -0.15) is 0 Å². The maximum atomic E-state index is 12.6. The first kappa shape index (κ1) is 16.1. The van der Waals surface area contributed by atoms with Crippen molar-refractivity contribution in [2.75, 3.05) is 13.1 Å². The Morgan fingerprint density at radius 3 is 2.70 bits per heavy atom. The summed E-state index contributed by atoms with van der Waals surface area (Å²) in [6.45, 7) is 1.79. The van der Waals surface area contributed by atoms with Gasteiger partial charge in [-0.15, -0.1) is 0 Å². The number of rotatable bonds is 2. The van der Waals surface area contributed by atoms with Gasteiger partial charge in [0.2, 0.25) is 0 Å². The van der Waals surface area contributed by atoms with E-state index in [1.54, 1.807) is 6.20 Å². The third-order valence-corrected chi connectivity index (χ3v) is 5.22. The van der Waals surface area contributed by atoms with E-state index in [1.807, 2.05) is 42.6 Å². The SMILES string of the molecule is O=C(OC1CCNCC1)c1ccc2cnc3c(ccc4cccnc43)c2c1. The molecule has 4 aromatic rings. The summed E-state index contributed by atoms with van der Waals surface area (Å²) in [5, 5.41) is 7.32. The molecule has 1 saturated heterocycles. The Labute approximate surface area is 156 Å². The molecular weight excluding hydrogens is 338 g/mol. The molecule has 5 nitrogen and oxygen atoms in total. The van der Waals surface area contributed by atoms with Gasteiger partial charge in [0.1, 0.15) is 6.10 Å². The van der Waals surface area contributed by atoms with Gasteiger partial charge < -0.3 is 10.1 Å². The van der Waals surface area contributed by atoms with Crippen LogP contribution >= 0.6 is 0 Å². The molecule has 0 unspecified atom stereocenters. The normalized spacial score (nSPS) is 15.4. The van der Waals surface area contributed by atoms with Gasteiger partial charge in [-0.1, -0.05) is 24.3 Å². The predicted molar refractivity (Wildman–Crippen MR) is 106 cm³/mol. The minimum atomic E-state index is -0.257. The lowest BCUT2D eigenvalue weighted by Gasteiger charge is -2.22. The molecule has 1 N–H and O–H groups in total. The molecule has 3 heterocycles. The summed E-state index contributed by atoms with van der Waals surface area (Å²) in [5.41, 5.74) is 2.30. The largest absolute Gasteiger partial charge is 0.459 e. The quantitative estimate of drug-likeness (QED) is 0.436. The van der Waals surface area contributed by atoms with Gasteiger partial charge in [-0.05, 0) is 49.5 Å². The van der Waals surface area contributed by atoms with Gasteiger partial charge in [0, 0.05) is 28.6 Å². The van der Waals surface area contributed by atoms with Gasteiger partial charge in [0.05, 0.1) is 16.6 Å². The van der Waals surface area contributed by atoms with Crippen LogP contribution in [0.3, 0.4) is 0 Å². The van der Waals surface area contributed by atoms with Gasteiger partial charge in [0.15, 0.2) is 0 Å². The van der Waals surface area contributed by atoms with Gasteiger partial charge in [0.25, 0.3) is 0 Å². The Hall–Kier alpha value is -3.05. The van der Waals surface area contributed by atoms with Crippen LogP contribution in [0.15, 0.2) is 54.9 Å². The van der Waals surface area contributed by atoms with Crippen molar-refractivity contribution in [3.63, 3.8) is 0 Å². The fourth-order valence-electron chi connectivity index (χ4n) is 3.77. The molecule has 1 aliphatic heterocycles. The van der Waals surface area contributed by atoms with Crippen molar-refractivity contribution >= 4 is 38.5 Å². The van der Waals surface area contributed by atoms with Crippen LogP contribution in [0.2, 0.25) is 0 Å². The Bertz CT molecular complexity index is 1170. The molecule has 0 radical (unpaired) electrons. The molecule has 0 amide bonds. The summed E-state index contributed by atoms with van der Waals surface area (Å²) in [5.74, 6) is -0.257. The Kier molecular flexibility index (Phi) is 3.94. The number of fused-ring (bicyclic) bond motifs is 5. The number of carbonyl (C=O) groups excluding carboxylic acids is 1. The van der Waals surface area contributed by atoms with E-state index in [0.29, 0.717) is 5.56 Å². The molecule has 27 heavy (non-hydrogen) atoms. The van der Waals surface area contributed by atoms with E-state index in [1.165, 1.54) is 0 Å². The number of pyridine rings is 2. The first-order valence-electron chi connectivity index (χ1n) is 9.27. The van der Waals surface area contributed by atoms with Gasteiger partial charge in [-0.25, -0.2) is 4.79 Å². The van der Waals surface area contributed by atoms with E-state index < -0.39 is 0 Å². The minimum absolute atomic E-state index is 0.00299. The lowest BCUT2D eigenvalue weighted by molar-refractivity contribution is 0.0230. The smallest absolute Gasteiger partial charge is 0.338 e. The molecule has 1 fully saturated rings. The Morgan fingerprint density at radius 1 is 0.963 bits per heavy atom. The van der Waals surface area contributed by atoms with E-state index in [0.717, 1.165) is 58.5 Å². The van der Waals surface area contributed by atoms with Crippen LogP contribution in [-0.4, -0.2) is 35.1 Å². The third kappa shape index (κ3) is 2.90. The molecule has 2 aromatic carbocycles. The van der Waals surface area contributed by atoms with E-state index in [2.05, 4.69) is 21.4 Å². The molecule has 2 aromatic heterocycles. The number of hydrogen-bond acceptors (Lipinski definition) is 5. The minimum Gasteiger partial charge on any atom is -0.459 e. The van der Waals surface area contributed by atoms with Crippen molar-refractivity contribution in [3.05, 3.63) is 60.4 Å². The maximum absolute atomic E-state index is 12.6. The van der Waals surface area contributed by atoms with Crippen molar-refractivity contribution < 1.29 is 9.53 Å². The summed E-state index contributed by atoms with van der Waals surface area (Å²) in [6, 6.07) is 13.7. The molecule has 0 aliphatic carbocycles. The van der Waals surface area contributed by atoms with Crippen LogP contribution in [-0.2, 0) is 4.74 Å². The molecule has 0 bridgehead atoms. The number of esters is 1. The molecule has 1 aliphatic rings. The van der Waals surface area contributed by atoms with Crippen molar-refractivity contribution in [3.8, 4) is 0 Å². The van der Waals surface area contributed by atoms with Crippen molar-refractivity contribution in [2.45, 2.75) is 18.9 Å². The Morgan fingerprint density at radius 2 is 1.81 bits per heavy atom. The molecule has 5 heteroatoms. The monoisotopic (exact) mass is 357 g/mol. The topological polar surface area (TPSA) is 64.1 Å². The molecule has 0 atom stereocenters. The lowest BCUT2D eigenvalue weighted by atomic mass is 10.0. The average Bonchev–Trinajstić information content (AvgIpc) is 2.73. The highest BCUT2D eigenvalue weighted by Crippen LogP contribution is 2.29. The van der Waals surface area contributed by atoms with Crippen molar-refractivity contribution in [2.24, 2.45) is 0 Å². The molecule has 5 rings (SSSR count). The highest BCUT2D eigenvalue weighted by molar-refractivity contribution is 6.14. The van der Waals surface area contributed by atoms with E-state index in [-0.39, 0.29) is 12.1 Å². The van der Waals surface area contributed by atoms with Gasteiger partial charge >= 0.3 is 5.97 Å². The Balaban J connectivity index is 1.60. The van der Waals surface area contributed by atoms with Gasteiger partial charge in [-0.3, -0.25) is 9.97 Å². The average molecular weight is 357 g/mol. The number of aromatic nitrogens is 2. The van der Waals surface area contributed by atoms with E-state index in [9.17, 15) is 4.79 Å². The summed E-state index contributed by atoms with van der Waals surface area (Å²) < 4.78 is 5.70. The van der Waals surface area contributed by atoms with Crippen molar-refractivity contribution in [1.82, 2.24) is 15.3 Å². The van der Waals surface area contributed by atoms with Crippen LogP contribution in [0.4, 0.5) is 0 Å². The summed E-state index contributed by atoms with van der Waals surface area (Å²) in [7, 11) is 0. The highest BCUT2D eigenvalue weighted by atomic mass is 16.5. The standard InChI is InChI=1S/C22H19N3O2/c26-22(27-17-7-10-23-11-8-17)15-3-4-16-13-25-21-18(19(16)12-15)6-5-14-2-1-9-24-20(14)21/h1-6,9,12-13,17,23H,7-8,10-11H2. The van der Waals surface area contributed by atoms with Crippen LogP contribution < -0.4 is 5.32 Å². The van der Waals surface area contributed by atoms with E-state index in [4.69, 9.17) is 4.74 Å².